The maximum atomic E-state index is 13.4. The van der Waals surface area contributed by atoms with Gasteiger partial charge in [-0.15, -0.1) is 0 Å². The molecule has 0 radical (unpaired) electrons. The summed E-state index contributed by atoms with van der Waals surface area (Å²) in [5.41, 5.74) is 2.32. The monoisotopic (exact) mass is 608 g/mol. The number of Topliss-reactive ketones (excluding diaryl/α,β-unsaturated/α-hetero) is 1. The number of aliphatic imine (C=N–C) groups is 1. The number of methoxy groups -OCH3 is 1. The van der Waals surface area contributed by atoms with Crippen molar-refractivity contribution in [1.82, 2.24) is 5.32 Å². The molecule has 1 unspecified atom stereocenters. The molecule has 0 saturated carbocycles. The molecule has 1 atom stereocenters. The Kier molecular flexibility index (Phi) is 10.2. The summed E-state index contributed by atoms with van der Waals surface area (Å²) in [7, 11) is 1.59. The summed E-state index contributed by atoms with van der Waals surface area (Å²) >= 11 is 25.4. The lowest BCUT2D eigenvalue weighted by Gasteiger charge is -2.17. The molecule has 39 heavy (non-hydrogen) atoms. The normalized spacial score (nSPS) is 14.8. The lowest BCUT2D eigenvalue weighted by atomic mass is 9.96. The third-order valence-electron chi connectivity index (χ3n) is 5.82. The van der Waals surface area contributed by atoms with Crippen LogP contribution in [-0.4, -0.2) is 57.1 Å². The summed E-state index contributed by atoms with van der Waals surface area (Å²) in [4.78, 5) is 31.4. The van der Waals surface area contributed by atoms with Crippen molar-refractivity contribution in [3.05, 3.63) is 96.9 Å². The van der Waals surface area contributed by atoms with Crippen LogP contribution in [0, 0.1) is 0 Å². The summed E-state index contributed by atoms with van der Waals surface area (Å²) in [5, 5.41) is 3.93. The van der Waals surface area contributed by atoms with E-state index in [9.17, 15) is 9.59 Å². The van der Waals surface area contributed by atoms with E-state index in [1.165, 1.54) is 6.07 Å². The van der Waals surface area contributed by atoms with Crippen molar-refractivity contribution >= 4 is 63.8 Å². The second kappa shape index (κ2) is 13.6. The van der Waals surface area contributed by atoms with E-state index < -0.39 is 12.1 Å². The molecule has 1 N–H and O–H groups in total. The smallest absolute Gasteiger partial charge is 0.257 e. The summed E-state index contributed by atoms with van der Waals surface area (Å²) in [6, 6.07) is 15.0. The number of hydrogen-bond donors (Lipinski definition) is 1. The predicted molar refractivity (Wildman–Crippen MR) is 153 cm³/mol. The maximum Gasteiger partial charge on any atom is 0.257 e. The van der Waals surface area contributed by atoms with E-state index in [0.717, 1.165) is 5.56 Å². The molecule has 3 aromatic carbocycles. The molecule has 3 aromatic rings. The number of ketones is 1. The number of carbonyl (C=O) groups excluding carboxylic acids is 2. The van der Waals surface area contributed by atoms with Gasteiger partial charge in [-0.3, -0.25) is 14.6 Å². The molecule has 0 saturated heterocycles. The zero-order chi connectivity index (χ0) is 27.9. The molecule has 11 heteroatoms. The number of benzene rings is 3. The van der Waals surface area contributed by atoms with E-state index in [4.69, 9.17) is 60.6 Å². The first kappa shape index (κ1) is 29.3. The van der Waals surface area contributed by atoms with Gasteiger partial charge in [0, 0.05) is 34.7 Å². The minimum Gasteiger partial charge on any atom is -0.490 e. The molecule has 4 rings (SSSR count). The molecule has 0 fully saturated rings. The highest BCUT2D eigenvalue weighted by molar-refractivity contribution is 6.43. The van der Waals surface area contributed by atoms with E-state index in [-0.39, 0.29) is 40.2 Å². The fourth-order valence-electron chi connectivity index (χ4n) is 4.00. The molecule has 0 bridgehead atoms. The van der Waals surface area contributed by atoms with Crippen molar-refractivity contribution < 1.29 is 23.8 Å². The van der Waals surface area contributed by atoms with Crippen molar-refractivity contribution in [2.75, 3.05) is 33.5 Å². The number of halogens is 4. The summed E-state index contributed by atoms with van der Waals surface area (Å²) < 4.78 is 16.1. The number of amides is 1. The molecule has 204 valence electrons. The van der Waals surface area contributed by atoms with Gasteiger partial charge in [0.25, 0.3) is 5.91 Å². The van der Waals surface area contributed by atoms with E-state index >= 15 is 0 Å². The quantitative estimate of drug-likeness (QED) is 0.282. The van der Waals surface area contributed by atoms with E-state index in [2.05, 4.69) is 10.3 Å². The van der Waals surface area contributed by atoms with Crippen LogP contribution in [0.3, 0.4) is 0 Å². The predicted octanol–water partition coefficient (Wildman–Crippen LogP) is 6.06. The van der Waals surface area contributed by atoms with E-state index in [0.29, 0.717) is 46.7 Å². The van der Waals surface area contributed by atoms with Gasteiger partial charge in [0.15, 0.2) is 11.9 Å². The Balaban J connectivity index is 1.64. The Morgan fingerprint density at radius 1 is 0.949 bits per heavy atom. The highest BCUT2D eigenvalue weighted by Crippen LogP contribution is 2.33. The van der Waals surface area contributed by atoms with Crippen LogP contribution in [0.1, 0.15) is 27.0 Å². The average Bonchev–Trinajstić information content (AvgIpc) is 3.02. The average molecular weight is 610 g/mol. The number of nitrogens with one attached hydrogen (secondary N) is 1. The molecular weight excluding hydrogens is 586 g/mol. The lowest BCUT2D eigenvalue weighted by molar-refractivity contribution is -0.120. The third kappa shape index (κ3) is 7.31. The van der Waals surface area contributed by atoms with Crippen LogP contribution in [0.5, 0.6) is 5.75 Å². The van der Waals surface area contributed by atoms with Crippen molar-refractivity contribution in [2.45, 2.75) is 12.6 Å². The van der Waals surface area contributed by atoms with Crippen LogP contribution in [0.25, 0.3) is 0 Å². The van der Waals surface area contributed by atoms with Gasteiger partial charge in [-0.2, -0.15) is 0 Å². The SMILES string of the molecule is COCCOCCOc1ccc(Cl)cc1C(=O)NC1N=C(c2c(Cl)cc(Cl)cc2Cl)c2ccccc2CC1=O. The Labute approximate surface area is 246 Å². The lowest BCUT2D eigenvalue weighted by Crippen LogP contribution is -2.40. The van der Waals surface area contributed by atoms with Gasteiger partial charge in [0.2, 0.25) is 0 Å². The van der Waals surface area contributed by atoms with Crippen molar-refractivity contribution in [3.63, 3.8) is 0 Å². The Morgan fingerprint density at radius 3 is 2.41 bits per heavy atom. The summed E-state index contributed by atoms with van der Waals surface area (Å²) in [6.07, 6.45) is -1.19. The van der Waals surface area contributed by atoms with Gasteiger partial charge in [-0.05, 0) is 35.9 Å². The van der Waals surface area contributed by atoms with Gasteiger partial charge in [-0.1, -0.05) is 70.7 Å². The fraction of sp³-hybridized carbons (Fsp3) is 0.250. The van der Waals surface area contributed by atoms with Gasteiger partial charge >= 0.3 is 0 Å². The molecule has 1 aliphatic rings. The van der Waals surface area contributed by atoms with Gasteiger partial charge in [-0.25, -0.2) is 0 Å². The molecule has 0 aliphatic carbocycles. The van der Waals surface area contributed by atoms with E-state index in [1.807, 2.05) is 24.3 Å². The largest absolute Gasteiger partial charge is 0.490 e. The number of hydrogen-bond acceptors (Lipinski definition) is 6. The second-order valence-corrected chi connectivity index (χ2v) is 10.2. The summed E-state index contributed by atoms with van der Waals surface area (Å²) in [5.74, 6) is -0.624. The topological polar surface area (TPSA) is 86.2 Å². The number of fused-ring (bicyclic) bond motifs is 1. The highest BCUT2D eigenvalue weighted by Gasteiger charge is 2.30. The van der Waals surface area contributed by atoms with E-state index in [1.54, 1.807) is 31.4 Å². The van der Waals surface area contributed by atoms with Crippen LogP contribution < -0.4 is 10.1 Å². The molecule has 1 aliphatic heterocycles. The van der Waals surface area contributed by atoms with Crippen LogP contribution in [0.4, 0.5) is 0 Å². The number of nitrogens with zero attached hydrogens (tertiary/aromatic N) is 1. The van der Waals surface area contributed by atoms with Crippen molar-refractivity contribution in [2.24, 2.45) is 4.99 Å². The molecule has 1 amide bonds. The Bertz CT molecular complexity index is 1390. The number of ether oxygens (including phenoxy) is 3. The third-order valence-corrected chi connectivity index (χ3v) is 6.86. The van der Waals surface area contributed by atoms with Crippen LogP contribution in [0.15, 0.2) is 59.6 Å². The first-order chi connectivity index (χ1) is 18.8. The van der Waals surface area contributed by atoms with Crippen molar-refractivity contribution in [1.29, 1.82) is 0 Å². The number of carbonyl (C=O) groups is 2. The zero-order valence-electron chi connectivity index (χ0n) is 20.8. The zero-order valence-corrected chi connectivity index (χ0v) is 23.8. The summed E-state index contributed by atoms with van der Waals surface area (Å²) in [6.45, 7) is 1.37. The molecule has 0 spiro atoms. The second-order valence-electron chi connectivity index (χ2n) is 8.49. The molecule has 7 nitrogen and oxygen atoms in total. The Morgan fingerprint density at radius 2 is 1.67 bits per heavy atom. The highest BCUT2D eigenvalue weighted by atomic mass is 35.5. The van der Waals surface area contributed by atoms with Gasteiger partial charge < -0.3 is 19.5 Å². The minimum atomic E-state index is -1.23. The number of rotatable bonds is 10. The van der Waals surface area contributed by atoms with Gasteiger partial charge in [0.05, 0.1) is 41.1 Å². The molecule has 1 heterocycles. The minimum absolute atomic E-state index is 0.0364. The molecular formula is C28H24Cl4N2O5. The first-order valence-electron chi connectivity index (χ1n) is 11.9. The fourth-order valence-corrected chi connectivity index (χ4v) is 5.17. The first-order valence-corrected chi connectivity index (χ1v) is 13.4. The maximum absolute atomic E-state index is 13.4. The molecule has 0 aromatic heterocycles. The van der Waals surface area contributed by atoms with Crippen LogP contribution in [-0.2, 0) is 20.7 Å². The van der Waals surface area contributed by atoms with Crippen LogP contribution >= 0.6 is 46.4 Å². The van der Waals surface area contributed by atoms with Gasteiger partial charge in [0.1, 0.15) is 12.4 Å². The van der Waals surface area contributed by atoms with Crippen LogP contribution in [0.2, 0.25) is 20.1 Å². The standard InChI is InChI=1S/C28H24Cl4N2O5/c1-37-8-9-38-10-11-39-24-7-6-17(29)13-20(24)28(36)34-27-23(35)12-16-4-2-3-5-19(16)26(33-27)25-21(31)14-18(30)15-22(25)32/h2-7,13-15,27H,8-12H2,1H3,(H,34,36). The Hall–Kier alpha value is -2.65. The van der Waals surface area contributed by atoms with Crippen molar-refractivity contribution in [3.8, 4) is 5.75 Å².